The van der Waals surface area contributed by atoms with Gasteiger partial charge >= 0.3 is 5.69 Å². The standard InChI is InChI=1S/C22H19FN4O/c23-17-8-6-16(7-9-17)20-14-27-21(24-20)18-13-26(11-10-19(18)25-22(27)28)12-15-4-2-1-3-5-15/h1-9,14H,10-13H2,(H,25,28). The maximum atomic E-state index is 13.2. The molecule has 1 aliphatic heterocycles. The molecule has 1 aliphatic rings. The molecule has 3 heterocycles. The van der Waals surface area contributed by atoms with Crippen molar-refractivity contribution in [3.63, 3.8) is 0 Å². The fourth-order valence-electron chi connectivity index (χ4n) is 3.84. The van der Waals surface area contributed by atoms with Crippen LogP contribution in [-0.4, -0.2) is 25.8 Å². The molecule has 0 unspecified atom stereocenters. The van der Waals surface area contributed by atoms with Gasteiger partial charge in [0.1, 0.15) is 11.5 Å². The van der Waals surface area contributed by atoms with E-state index in [1.165, 1.54) is 17.7 Å². The summed E-state index contributed by atoms with van der Waals surface area (Å²) in [4.78, 5) is 22.6. The average molecular weight is 374 g/mol. The van der Waals surface area contributed by atoms with Crippen LogP contribution in [0.25, 0.3) is 16.9 Å². The van der Waals surface area contributed by atoms with Gasteiger partial charge in [0.05, 0.1) is 5.69 Å². The summed E-state index contributed by atoms with van der Waals surface area (Å²) in [7, 11) is 0. The summed E-state index contributed by atoms with van der Waals surface area (Å²) in [5, 5.41) is 0. The zero-order valence-corrected chi connectivity index (χ0v) is 15.2. The van der Waals surface area contributed by atoms with E-state index in [1.54, 1.807) is 22.7 Å². The minimum absolute atomic E-state index is 0.189. The number of nitrogens with zero attached hydrogens (tertiary/aromatic N) is 3. The summed E-state index contributed by atoms with van der Waals surface area (Å²) >= 11 is 0. The van der Waals surface area contributed by atoms with Crippen molar-refractivity contribution in [3.05, 3.63) is 93.9 Å². The first-order valence-electron chi connectivity index (χ1n) is 9.33. The van der Waals surface area contributed by atoms with E-state index >= 15 is 0 Å². The number of H-pyrrole nitrogens is 1. The highest BCUT2D eigenvalue weighted by molar-refractivity contribution is 5.64. The summed E-state index contributed by atoms with van der Waals surface area (Å²) in [6, 6.07) is 16.5. The van der Waals surface area contributed by atoms with Crippen molar-refractivity contribution in [2.45, 2.75) is 19.5 Å². The predicted octanol–water partition coefficient (Wildman–Crippen LogP) is 3.39. The van der Waals surface area contributed by atoms with Gasteiger partial charge in [-0.1, -0.05) is 30.3 Å². The Morgan fingerprint density at radius 1 is 1.07 bits per heavy atom. The number of hydrogen-bond acceptors (Lipinski definition) is 3. The second-order valence-corrected chi connectivity index (χ2v) is 7.16. The molecular formula is C22H19FN4O. The predicted molar refractivity (Wildman–Crippen MR) is 105 cm³/mol. The lowest BCUT2D eigenvalue weighted by Crippen LogP contribution is -2.33. The molecule has 0 bridgehead atoms. The highest BCUT2D eigenvalue weighted by Gasteiger charge is 2.22. The van der Waals surface area contributed by atoms with Crippen LogP contribution in [0, 0.1) is 5.82 Å². The Morgan fingerprint density at radius 3 is 2.64 bits per heavy atom. The molecule has 0 saturated heterocycles. The number of aromatic amines is 1. The average Bonchev–Trinajstić information content (AvgIpc) is 3.16. The molecule has 140 valence electrons. The number of rotatable bonds is 3. The molecule has 6 heteroatoms. The first-order chi connectivity index (χ1) is 13.7. The van der Waals surface area contributed by atoms with E-state index in [-0.39, 0.29) is 11.5 Å². The fourth-order valence-corrected chi connectivity index (χ4v) is 3.84. The normalized spacial score (nSPS) is 14.3. The Kier molecular flexibility index (Phi) is 4.06. The molecule has 0 saturated carbocycles. The van der Waals surface area contributed by atoms with Gasteiger partial charge in [-0.2, -0.15) is 0 Å². The van der Waals surface area contributed by atoms with Gasteiger partial charge in [-0.15, -0.1) is 0 Å². The van der Waals surface area contributed by atoms with Crippen LogP contribution >= 0.6 is 0 Å². The number of imidazole rings is 1. The second-order valence-electron chi connectivity index (χ2n) is 7.16. The molecule has 0 spiro atoms. The smallest absolute Gasteiger partial charge is 0.310 e. The molecule has 0 radical (unpaired) electrons. The van der Waals surface area contributed by atoms with Gasteiger partial charge in [0.25, 0.3) is 0 Å². The highest BCUT2D eigenvalue weighted by Crippen LogP contribution is 2.25. The number of aromatic nitrogens is 3. The third-order valence-electron chi connectivity index (χ3n) is 5.27. The molecule has 5 nitrogen and oxygen atoms in total. The zero-order valence-electron chi connectivity index (χ0n) is 15.2. The minimum Gasteiger partial charge on any atom is -0.310 e. The Bertz CT molecular complexity index is 1200. The molecule has 4 aromatic rings. The van der Waals surface area contributed by atoms with Crippen molar-refractivity contribution < 1.29 is 4.39 Å². The zero-order chi connectivity index (χ0) is 19.1. The SMILES string of the molecule is O=c1[nH]c2c(c3nc(-c4ccc(F)cc4)cn13)CN(Cc1ccccc1)CC2. The highest BCUT2D eigenvalue weighted by atomic mass is 19.1. The first kappa shape index (κ1) is 16.9. The summed E-state index contributed by atoms with van der Waals surface area (Å²) in [5.74, 6) is -0.292. The van der Waals surface area contributed by atoms with Gasteiger partial charge in [-0.25, -0.2) is 14.2 Å². The lowest BCUT2D eigenvalue weighted by Gasteiger charge is -2.28. The van der Waals surface area contributed by atoms with Crippen LogP contribution in [0.2, 0.25) is 0 Å². The summed E-state index contributed by atoms with van der Waals surface area (Å²) in [6.07, 6.45) is 2.50. The number of benzene rings is 2. The molecule has 28 heavy (non-hydrogen) atoms. The molecule has 1 N–H and O–H groups in total. The van der Waals surface area contributed by atoms with E-state index in [2.05, 4.69) is 22.0 Å². The maximum Gasteiger partial charge on any atom is 0.331 e. The van der Waals surface area contributed by atoms with Gasteiger partial charge in [0.15, 0.2) is 0 Å². The quantitative estimate of drug-likeness (QED) is 0.598. The summed E-state index contributed by atoms with van der Waals surface area (Å²) in [6.45, 7) is 2.47. The lowest BCUT2D eigenvalue weighted by atomic mass is 10.1. The summed E-state index contributed by atoms with van der Waals surface area (Å²) < 4.78 is 14.8. The second kappa shape index (κ2) is 6.73. The van der Waals surface area contributed by atoms with Crippen molar-refractivity contribution in [3.8, 4) is 11.3 Å². The maximum absolute atomic E-state index is 13.2. The molecule has 0 fully saturated rings. The van der Waals surface area contributed by atoms with E-state index in [9.17, 15) is 9.18 Å². The fraction of sp³-hybridized carbons (Fsp3) is 0.182. The van der Waals surface area contributed by atoms with Crippen LogP contribution in [-0.2, 0) is 19.5 Å². The van der Waals surface area contributed by atoms with Crippen molar-refractivity contribution in [2.24, 2.45) is 0 Å². The Balaban J connectivity index is 1.54. The number of nitrogens with one attached hydrogen (secondary N) is 1. The van der Waals surface area contributed by atoms with Gasteiger partial charge in [0, 0.05) is 49.1 Å². The van der Waals surface area contributed by atoms with Gasteiger partial charge in [-0.05, 0) is 29.8 Å². The summed E-state index contributed by atoms with van der Waals surface area (Å²) in [5.41, 5.74) is 5.21. The van der Waals surface area contributed by atoms with Crippen LogP contribution in [0.4, 0.5) is 4.39 Å². The molecule has 0 aliphatic carbocycles. The lowest BCUT2D eigenvalue weighted by molar-refractivity contribution is 0.243. The van der Waals surface area contributed by atoms with Crippen molar-refractivity contribution in [2.75, 3.05) is 6.54 Å². The largest absolute Gasteiger partial charge is 0.331 e. The van der Waals surface area contributed by atoms with Gasteiger partial charge in [-0.3, -0.25) is 9.30 Å². The Morgan fingerprint density at radius 2 is 1.86 bits per heavy atom. The third kappa shape index (κ3) is 3.01. The van der Waals surface area contributed by atoms with E-state index in [0.717, 1.165) is 42.9 Å². The topological polar surface area (TPSA) is 53.4 Å². The van der Waals surface area contributed by atoms with Crippen LogP contribution in [0.5, 0.6) is 0 Å². The molecule has 0 amide bonds. The van der Waals surface area contributed by atoms with Crippen LogP contribution in [0.1, 0.15) is 16.8 Å². The monoisotopic (exact) mass is 374 g/mol. The molecular weight excluding hydrogens is 355 g/mol. The van der Waals surface area contributed by atoms with E-state index < -0.39 is 0 Å². The molecule has 2 aromatic carbocycles. The van der Waals surface area contributed by atoms with Crippen molar-refractivity contribution in [1.29, 1.82) is 0 Å². The third-order valence-corrected chi connectivity index (χ3v) is 5.27. The van der Waals surface area contributed by atoms with E-state index in [4.69, 9.17) is 4.98 Å². The molecule has 0 atom stereocenters. The van der Waals surface area contributed by atoms with E-state index in [0.29, 0.717) is 11.3 Å². The van der Waals surface area contributed by atoms with Crippen molar-refractivity contribution >= 4 is 5.65 Å². The minimum atomic E-state index is -0.292. The van der Waals surface area contributed by atoms with Crippen molar-refractivity contribution in [1.82, 2.24) is 19.3 Å². The Hall–Kier alpha value is -3.25. The number of hydrogen-bond donors (Lipinski definition) is 1. The first-order valence-corrected chi connectivity index (χ1v) is 9.33. The number of halogens is 1. The van der Waals surface area contributed by atoms with Crippen LogP contribution in [0.3, 0.4) is 0 Å². The van der Waals surface area contributed by atoms with Gasteiger partial charge < -0.3 is 4.98 Å². The van der Waals surface area contributed by atoms with Crippen LogP contribution in [0.15, 0.2) is 65.6 Å². The molecule has 5 rings (SSSR count). The van der Waals surface area contributed by atoms with Crippen LogP contribution < -0.4 is 5.69 Å². The Labute approximate surface area is 161 Å². The van der Waals surface area contributed by atoms with E-state index in [1.807, 2.05) is 18.2 Å². The molecule has 2 aromatic heterocycles. The van der Waals surface area contributed by atoms with Gasteiger partial charge in [0.2, 0.25) is 0 Å². The number of fused-ring (bicyclic) bond motifs is 3.